The van der Waals surface area contributed by atoms with Gasteiger partial charge in [-0.05, 0) is 35.9 Å². The summed E-state index contributed by atoms with van der Waals surface area (Å²) in [6.07, 6.45) is 0. The summed E-state index contributed by atoms with van der Waals surface area (Å²) in [5.41, 5.74) is 7.56. The Bertz CT molecular complexity index is 729. The molecule has 2 aromatic rings. The summed E-state index contributed by atoms with van der Waals surface area (Å²) in [6.45, 7) is 0.421. The Balaban J connectivity index is 1.99. The Morgan fingerprint density at radius 3 is 2.12 bits per heavy atom. The molecule has 2 rings (SSSR count). The van der Waals surface area contributed by atoms with E-state index in [4.69, 9.17) is 4.74 Å². The van der Waals surface area contributed by atoms with Gasteiger partial charge in [0.05, 0.1) is 6.61 Å². The lowest BCUT2D eigenvalue weighted by molar-refractivity contribution is 0.0846. The normalized spacial score (nSPS) is 10.1. The van der Waals surface area contributed by atoms with Crippen molar-refractivity contribution in [1.82, 2.24) is 10.9 Å². The molecular formula is C18H21N3O3. The van der Waals surface area contributed by atoms with Gasteiger partial charge in [0.25, 0.3) is 11.8 Å². The Morgan fingerprint density at radius 2 is 1.54 bits per heavy atom. The molecule has 0 saturated carbocycles. The summed E-state index contributed by atoms with van der Waals surface area (Å²) in [7, 11) is 5.38. The first-order chi connectivity index (χ1) is 11.5. The van der Waals surface area contributed by atoms with Crippen LogP contribution in [0, 0.1) is 0 Å². The fourth-order valence-electron chi connectivity index (χ4n) is 2.15. The molecule has 0 aromatic heterocycles. The van der Waals surface area contributed by atoms with E-state index >= 15 is 0 Å². The minimum atomic E-state index is -0.384. The largest absolute Gasteiger partial charge is 0.380 e. The number of carbonyl (C=O) groups is 2. The highest BCUT2D eigenvalue weighted by atomic mass is 16.5. The predicted octanol–water partition coefficient (Wildman–Crippen LogP) is 1.97. The average Bonchev–Trinajstić information content (AvgIpc) is 2.60. The molecular weight excluding hydrogens is 306 g/mol. The van der Waals surface area contributed by atoms with Crippen molar-refractivity contribution in [2.45, 2.75) is 6.61 Å². The zero-order valence-electron chi connectivity index (χ0n) is 14.0. The molecule has 2 N–H and O–H groups in total. The van der Waals surface area contributed by atoms with Crippen molar-refractivity contribution in [2.24, 2.45) is 0 Å². The monoisotopic (exact) mass is 327 g/mol. The highest BCUT2D eigenvalue weighted by Crippen LogP contribution is 2.13. The number of ether oxygens (including phenoxy) is 1. The molecule has 6 heteroatoms. The number of rotatable bonds is 5. The summed E-state index contributed by atoms with van der Waals surface area (Å²) in [6, 6.07) is 14.2. The first kappa shape index (κ1) is 17.5. The second-order valence-corrected chi connectivity index (χ2v) is 5.49. The number of amides is 2. The molecule has 0 heterocycles. The molecule has 0 radical (unpaired) electrons. The molecule has 126 valence electrons. The van der Waals surface area contributed by atoms with Crippen molar-refractivity contribution in [1.29, 1.82) is 0 Å². The lowest BCUT2D eigenvalue weighted by atomic mass is 10.1. The predicted molar refractivity (Wildman–Crippen MR) is 92.9 cm³/mol. The van der Waals surface area contributed by atoms with Crippen LogP contribution >= 0.6 is 0 Å². The molecule has 0 atom stereocenters. The summed E-state index contributed by atoms with van der Waals surface area (Å²) < 4.78 is 5.04. The van der Waals surface area contributed by atoms with Crippen molar-refractivity contribution >= 4 is 17.5 Å². The van der Waals surface area contributed by atoms with E-state index in [1.54, 1.807) is 43.5 Å². The zero-order valence-corrected chi connectivity index (χ0v) is 14.0. The molecule has 0 spiro atoms. The third kappa shape index (κ3) is 4.57. The average molecular weight is 327 g/mol. The third-order valence-electron chi connectivity index (χ3n) is 3.41. The van der Waals surface area contributed by atoms with Crippen LogP contribution in [0.2, 0.25) is 0 Å². The molecule has 0 bridgehead atoms. The van der Waals surface area contributed by atoms with Gasteiger partial charge in [-0.25, -0.2) is 0 Å². The van der Waals surface area contributed by atoms with Crippen LogP contribution in [-0.2, 0) is 11.3 Å². The van der Waals surface area contributed by atoms with Gasteiger partial charge >= 0.3 is 0 Å². The second-order valence-electron chi connectivity index (χ2n) is 5.49. The molecule has 2 amide bonds. The Labute approximate surface area is 141 Å². The number of nitrogens with one attached hydrogen (secondary N) is 2. The molecule has 6 nitrogen and oxygen atoms in total. The van der Waals surface area contributed by atoms with Crippen LogP contribution in [0.3, 0.4) is 0 Å². The third-order valence-corrected chi connectivity index (χ3v) is 3.41. The van der Waals surface area contributed by atoms with E-state index in [-0.39, 0.29) is 11.8 Å². The van der Waals surface area contributed by atoms with Gasteiger partial charge in [-0.15, -0.1) is 0 Å². The molecule has 0 saturated heterocycles. The number of methoxy groups -OCH3 is 1. The van der Waals surface area contributed by atoms with Gasteiger partial charge in [0.2, 0.25) is 0 Å². The lowest BCUT2D eigenvalue weighted by Crippen LogP contribution is -2.41. The number of benzene rings is 2. The molecule has 2 aromatic carbocycles. The van der Waals surface area contributed by atoms with Crippen LogP contribution in [0.5, 0.6) is 0 Å². The van der Waals surface area contributed by atoms with E-state index in [9.17, 15) is 9.59 Å². The van der Waals surface area contributed by atoms with E-state index in [2.05, 4.69) is 10.9 Å². The fourth-order valence-corrected chi connectivity index (χ4v) is 2.15. The standard InChI is InChI=1S/C18H21N3O3/c1-21(2)16-9-5-8-15(11-16)18(23)20-19-17(22)14-7-4-6-13(10-14)12-24-3/h4-11H,12H2,1-3H3,(H,19,22)(H,20,23). The quantitative estimate of drug-likeness (QED) is 0.824. The van der Waals surface area contributed by atoms with Crippen LogP contribution in [0.15, 0.2) is 48.5 Å². The number of carbonyl (C=O) groups excluding carboxylic acids is 2. The Kier molecular flexibility index (Phi) is 5.92. The maximum Gasteiger partial charge on any atom is 0.269 e. The van der Waals surface area contributed by atoms with Gasteiger partial charge < -0.3 is 9.64 Å². The molecule has 0 aliphatic heterocycles. The number of hydrazine groups is 1. The fraction of sp³-hybridized carbons (Fsp3) is 0.222. The van der Waals surface area contributed by atoms with Gasteiger partial charge in [0, 0.05) is 38.0 Å². The SMILES string of the molecule is COCc1cccc(C(=O)NNC(=O)c2cccc(N(C)C)c2)c1. The maximum atomic E-state index is 12.2. The van der Waals surface area contributed by atoms with Gasteiger partial charge in [-0.1, -0.05) is 18.2 Å². The van der Waals surface area contributed by atoms with Crippen LogP contribution in [0.4, 0.5) is 5.69 Å². The molecule has 0 unspecified atom stereocenters. The molecule has 24 heavy (non-hydrogen) atoms. The highest BCUT2D eigenvalue weighted by Gasteiger charge is 2.10. The van der Waals surface area contributed by atoms with Gasteiger partial charge in [-0.2, -0.15) is 0 Å². The van der Waals surface area contributed by atoms with E-state index in [1.165, 1.54) is 0 Å². The molecule has 0 fully saturated rings. The Hall–Kier alpha value is -2.86. The van der Waals surface area contributed by atoms with Crippen molar-refractivity contribution < 1.29 is 14.3 Å². The minimum absolute atomic E-state index is 0.375. The van der Waals surface area contributed by atoms with Gasteiger partial charge in [-0.3, -0.25) is 20.4 Å². The van der Waals surface area contributed by atoms with E-state index in [1.807, 2.05) is 31.1 Å². The number of hydrogen-bond donors (Lipinski definition) is 2. The van der Waals surface area contributed by atoms with Crippen LogP contribution < -0.4 is 15.8 Å². The van der Waals surface area contributed by atoms with Crippen molar-refractivity contribution in [2.75, 3.05) is 26.1 Å². The minimum Gasteiger partial charge on any atom is -0.380 e. The maximum absolute atomic E-state index is 12.2. The zero-order chi connectivity index (χ0) is 17.5. The van der Waals surface area contributed by atoms with Crippen molar-refractivity contribution in [3.05, 3.63) is 65.2 Å². The highest BCUT2D eigenvalue weighted by molar-refractivity contribution is 5.99. The van der Waals surface area contributed by atoms with Crippen molar-refractivity contribution in [3.8, 4) is 0 Å². The van der Waals surface area contributed by atoms with E-state index in [0.29, 0.717) is 17.7 Å². The summed E-state index contributed by atoms with van der Waals surface area (Å²) in [4.78, 5) is 26.2. The molecule has 0 aliphatic carbocycles. The lowest BCUT2D eigenvalue weighted by Gasteiger charge is -2.13. The summed E-state index contributed by atoms with van der Waals surface area (Å²) in [5, 5.41) is 0. The number of hydrogen-bond acceptors (Lipinski definition) is 4. The van der Waals surface area contributed by atoms with E-state index < -0.39 is 0 Å². The Morgan fingerprint density at radius 1 is 0.958 bits per heavy atom. The first-order valence-corrected chi connectivity index (χ1v) is 7.47. The summed E-state index contributed by atoms with van der Waals surface area (Å²) >= 11 is 0. The topological polar surface area (TPSA) is 70.7 Å². The van der Waals surface area contributed by atoms with Crippen LogP contribution in [-0.4, -0.2) is 33.0 Å². The number of nitrogens with zero attached hydrogens (tertiary/aromatic N) is 1. The molecule has 0 aliphatic rings. The first-order valence-electron chi connectivity index (χ1n) is 7.47. The second kappa shape index (κ2) is 8.12. The van der Waals surface area contributed by atoms with Gasteiger partial charge in [0.15, 0.2) is 0 Å². The smallest absolute Gasteiger partial charge is 0.269 e. The summed E-state index contributed by atoms with van der Waals surface area (Å²) in [5.74, 6) is -0.759. The van der Waals surface area contributed by atoms with Crippen molar-refractivity contribution in [3.63, 3.8) is 0 Å². The van der Waals surface area contributed by atoms with Crippen LogP contribution in [0.25, 0.3) is 0 Å². The number of anilines is 1. The van der Waals surface area contributed by atoms with Crippen LogP contribution in [0.1, 0.15) is 26.3 Å². The van der Waals surface area contributed by atoms with Gasteiger partial charge in [0.1, 0.15) is 0 Å². The van der Waals surface area contributed by atoms with E-state index in [0.717, 1.165) is 11.3 Å².